The second kappa shape index (κ2) is 6.09. The van der Waals surface area contributed by atoms with Crippen LogP contribution in [0.15, 0.2) is 43.1 Å². The van der Waals surface area contributed by atoms with Gasteiger partial charge < -0.3 is 14.9 Å². The van der Waals surface area contributed by atoms with Crippen molar-refractivity contribution < 1.29 is 14.9 Å². The van der Waals surface area contributed by atoms with E-state index in [1.165, 1.54) is 0 Å². The number of benzene rings is 1. The maximum absolute atomic E-state index is 11.2. The number of fused-ring (bicyclic) bond motifs is 4. The first kappa shape index (κ1) is 16.5. The molecule has 0 saturated carbocycles. The first-order chi connectivity index (χ1) is 12.1. The van der Waals surface area contributed by atoms with Gasteiger partial charge in [0.1, 0.15) is 5.75 Å². The van der Waals surface area contributed by atoms with Gasteiger partial charge in [0.15, 0.2) is 0 Å². The van der Waals surface area contributed by atoms with Gasteiger partial charge in [0.2, 0.25) is 0 Å². The van der Waals surface area contributed by atoms with Crippen molar-refractivity contribution in [3.8, 4) is 5.75 Å². The fourth-order valence-electron chi connectivity index (χ4n) is 4.45. The van der Waals surface area contributed by atoms with Gasteiger partial charge >= 0.3 is 0 Å². The predicted molar refractivity (Wildman–Crippen MR) is 96.5 cm³/mol. The molecule has 5 atom stereocenters. The van der Waals surface area contributed by atoms with E-state index in [-0.39, 0.29) is 12.0 Å². The molecule has 5 nitrogen and oxygen atoms in total. The molecular weight excluding hydrogens is 316 g/mol. The number of hydrogen-bond donors (Lipinski definition) is 2. The van der Waals surface area contributed by atoms with Crippen molar-refractivity contribution >= 4 is 10.9 Å². The number of pyridine rings is 1. The smallest absolute Gasteiger partial charge is 0.119 e. The molecule has 2 N–H and O–H groups in total. The lowest BCUT2D eigenvalue weighted by molar-refractivity contribution is -0.127. The molecule has 0 spiro atoms. The molecule has 3 aliphatic rings. The zero-order valence-electron chi connectivity index (χ0n) is 14.4. The van der Waals surface area contributed by atoms with Crippen LogP contribution in [0.2, 0.25) is 0 Å². The third-order valence-electron chi connectivity index (χ3n) is 5.94. The minimum atomic E-state index is -0.835. The monoisotopic (exact) mass is 340 g/mol. The molecule has 132 valence electrons. The standard InChI is InChI=1S/C20H24N2O3/c1-3-20(24)12-22-9-7-13(20)10-18(22)19(23)15-6-8-21-17-5-4-14(25-2)11-16(15)17/h3-6,8,11,13,18-19,23-24H,1,7,9-10,12H2,2H3/t13-,18-,19+,20-/m0/s1. The van der Waals surface area contributed by atoms with Crippen LogP contribution in [0.1, 0.15) is 24.5 Å². The Morgan fingerprint density at radius 3 is 2.96 bits per heavy atom. The van der Waals surface area contributed by atoms with E-state index in [2.05, 4.69) is 16.5 Å². The van der Waals surface area contributed by atoms with Crippen LogP contribution < -0.4 is 4.74 Å². The lowest BCUT2D eigenvalue weighted by atomic mass is 9.71. The van der Waals surface area contributed by atoms with E-state index >= 15 is 0 Å². The number of piperidine rings is 3. The Bertz CT molecular complexity index is 809. The van der Waals surface area contributed by atoms with E-state index in [9.17, 15) is 10.2 Å². The summed E-state index contributed by atoms with van der Waals surface area (Å²) in [5.74, 6) is 0.901. The number of ether oxygens (including phenoxy) is 1. The summed E-state index contributed by atoms with van der Waals surface area (Å²) < 4.78 is 5.33. The highest BCUT2D eigenvalue weighted by Gasteiger charge is 2.49. The molecule has 3 aliphatic heterocycles. The normalized spacial score (nSPS) is 32.5. The fourth-order valence-corrected chi connectivity index (χ4v) is 4.45. The largest absolute Gasteiger partial charge is 0.497 e. The lowest BCUT2D eigenvalue weighted by Gasteiger charge is -2.54. The minimum absolute atomic E-state index is 0.00391. The van der Waals surface area contributed by atoms with Crippen LogP contribution in [0.3, 0.4) is 0 Å². The number of hydrogen-bond acceptors (Lipinski definition) is 5. The number of aromatic nitrogens is 1. The van der Waals surface area contributed by atoms with Gasteiger partial charge in [-0.25, -0.2) is 0 Å². The van der Waals surface area contributed by atoms with Gasteiger partial charge in [-0.2, -0.15) is 0 Å². The predicted octanol–water partition coefficient (Wildman–Crippen LogP) is 2.29. The van der Waals surface area contributed by atoms with Crippen LogP contribution in [-0.2, 0) is 0 Å². The minimum Gasteiger partial charge on any atom is -0.497 e. The summed E-state index contributed by atoms with van der Waals surface area (Å²) in [4.78, 5) is 6.59. The van der Waals surface area contributed by atoms with Crippen LogP contribution >= 0.6 is 0 Å². The molecule has 3 saturated heterocycles. The summed E-state index contributed by atoms with van der Waals surface area (Å²) in [7, 11) is 1.63. The molecule has 2 aromatic rings. The van der Waals surface area contributed by atoms with Gasteiger partial charge in [0.05, 0.1) is 24.3 Å². The quantitative estimate of drug-likeness (QED) is 0.836. The Balaban J connectivity index is 1.69. The second-order valence-corrected chi connectivity index (χ2v) is 7.18. The molecule has 0 amide bonds. The third-order valence-corrected chi connectivity index (χ3v) is 5.94. The molecule has 1 aromatic carbocycles. The number of aliphatic hydroxyl groups is 2. The Morgan fingerprint density at radius 1 is 1.44 bits per heavy atom. The second-order valence-electron chi connectivity index (χ2n) is 7.18. The molecule has 3 fully saturated rings. The van der Waals surface area contributed by atoms with E-state index < -0.39 is 11.7 Å². The van der Waals surface area contributed by atoms with Gasteiger partial charge in [-0.3, -0.25) is 9.88 Å². The maximum atomic E-state index is 11.2. The maximum Gasteiger partial charge on any atom is 0.119 e. The van der Waals surface area contributed by atoms with Crippen LogP contribution in [0.5, 0.6) is 5.75 Å². The molecule has 0 aliphatic carbocycles. The van der Waals surface area contributed by atoms with Crippen molar-refractivity contribution in [2.24, 2.45) is 5.92 Å². The van der Waals surface area contributed by atoms with E-state index in [0.29, 0.717) is 6.54 Å². The molecule has 1 unspecified atom stereocenters. The molecule has 5 heteroatoms. The zero-order chi connectivity index (χ0) is 17.6. The summed E-state index contributed by atoms with van der Waals surface area (Å²) in [6.45, 7) is 5.24. The van der Waals surface area contributed by atoms with E-state index in [1.54, 1.807) is 19.4 Å². The van der Waals surface area contributed by atoms with Crippen molar-refractivity contribution in [1.29, 1.82) is 0 Å². The van der Waals surface area contributed by atoms with E-state index in [4.69, 9.17) is 4.74 Å². The van der Waals surface area contributed by atoms with Crippen molar-refractivity contribution in [1.82, 2.24) is 9.88 Å². The van der Waals surface area contributed by atoms with Gasteiger partial charge in [0.25, 0.3) is 0 Å². The average molecular weight is 340 g/mol. The van der Waals surface area contributed by atoms with Crippen LogP contribution in [0, 0.1) is 5.92 Å². The Hall–Kier alpha value is -1.95. The molecular formula is C20H24N2O3. The Labute approximate surface area is 147 Å². The summed E-state index contributed by atoms with van der Waals surface area (Å²) in [5, 5.41) is 22.8. The molecule has 4 heterocycles. The third kappa shape index (κ3) is 2.63. The van der Waals surface area contributed by atoms with Crippen LogP contribution in [-0.4, -0.2) is 51.9 Å². The van der Waals surface area contributed by atoms with Crippen LogP contribution in [0.25, 0.3) is 10.9 Å². The molecule has 25 heavy (non-hydrogen) atoms. The SMILES string of the molecule is C=C[C@]1(O)CN2CC[C@H]1C[C@H]2[C@H](O)c1ccnc2ccc(OC)cc12. The summed E-state index contributed by atoms with van der Waals surface area (Å²) in [6, 6.07) is 7.60. The zero-order valence-corrected chi connectivity index (χ0v) is 14.4. The molecule has 2 bridgehead atoms. The number of methoxy groups -OCH3 is 1. The van der Waals surface area contributed by atoms with E-state index in [1.807, 2.05) is 24.3 Å². The Kier molecular flexibility index (Phi) is 4.02. The van der Waals surface area contributed by atoms with Crippen molar-refractivity contribution in [3.05, 3.63) is 48.7 Å². The number of rotatable bonds is 4. The summed E-state index contributed by atoms with van der Waals surface area (Å²) >= 11 is 0. The van der Waals surface area contributed by atoms with Gasteiger partial charge in [-0.05, 0) is 55.1 Å². The Morgan fingerprint density at radius 2 is 2.28 bits per heavy atom. The van der Waals surface area contributed by atoms with Crippen molar-refractivity contribution in [3.63, 3.8) is 0 Å². The molecule has 0 radical (unpaired) electrons. The van der Waals surface area contributed by atoms with Crippen molar-refractivity contribution in [2.75, 3.05) is 20.2 Å². The molecule has 5 rings (SSSR count). The number of aliphatic hydroxyl groups excluding tert-OH is 1. The summed E-state index contributed by atoms with van der Waals surface area (Å²) in [5.41, 5.74) is 0.873. The number of nitrogens with zero attached hydrogens (tertiary/aromatic N) is 2. The van der Waals surface area contributed by atoms with E-state index in [0.717, 1.165) is 41.6 Å². The lowest BCUT2D eigenvalue weighted by Crippen LogP contribution is -2.63. The fraction of sp³-hybridized carbons (Fsp3) is 0.450. The van der Waals surface area contributed by atoms with Crippen LogP contribution in [0.4, 0.5) is 0 Å². The first-order valence-corrected chi connectivity index (χ1v) is 8.76. The van der Waals surface area contributed by atoms with Gasteiger partial charge in [-0.1, -0.05) is 6.08 Å². The summed E-state index contributed by atoms with van der Waals surface area (Å²) in [6.07, 6.45) is 4.48. The molecule has 1 aromatic heterocycles. The average Bonchev–Trinajstić information content (AvgIpc) is 2.66. The highest BCUT2D eigenvalue weighted by atomic mass is 16.5. The van der Waals surface area contributed by atoms with Gasteiger partial charge in [-0.15, -0.1) is 6.58 Å². The van der Waals surface area contributed by atoms with Gasteiger partial charge in [0, 0.05) is 24.2 Å². The first-order valence-electron chi connectivity index (χ1n) is 8.76. The highest BCUT2D eigenvalue weighted by Crippen LogP contribution is 2.44. The topological polar surface area (TPSA) is 65.8 Å². The highest BCUT2D eigenvalue weighted by molar-refractivity contribution is 5.83. The van der Waals surface area contributed by atoms with Crippen molar-refractivity contribution in [2.45, 2.75) is 30.6 Å².